The minimum Gasteiger partial charge on any atom is -0.478 e. The first-order chi connectivity index (χ1) is 21.8. The summed E-state index contributed by atoms with van der Waals surface area (Å²) in [5, 5.41) is 9.70. The number of imidazole rings is 1. The summed E-state index contributed by atoms with van der Waals surface area (Å²) in [6, 6.07) is 7.18. The number of benzene rings is 3. The van der Waals surface area contributed by atoms with Crippen LogP contribution in [0, 0.1) is 34.5 Å². The van der Waals surface area contributed by atoms with Crippen LogP contribution in [0.2, 0.25) is 5.02 Å². The number of hydrogen-bond donors (Lipinski definition) is 1. The van der Waals surface area contributed by atoms with Gasteiger partial charge in [-0.2, -0.15) is 4.98 Å². The lowest BCUT2D eigenvalue weighted by Gasteiger charge is -2.28. The summed E-state index contributed by atoms with van der Waals surface area (Å²) in [6.07, 6.45) is 0.593. The van der Waals surface area contributed by atoms with Crippen molar-refractivity contribution in [1.29, 1.82) is 0 Å². The van der Waals surface area contributed by atoms with Gasteiger partial charge < -0.3 is 19.1 Å². The van der Waals surface area contributed by atoms with Gasteiger partial charge in [-0.3, -0.25) is 0 Å². The van der Waals surface area contributed by atoms with Crippen LogP contribution in [0.25, 0.3) is 22.3 Å². The molecule has 0 bridgehead atoms. The van der Waals surface area contributed by atoms with Crippen LogP contribution in [0.4, 0.5) is 22.0 Å². The van der Waals surface area contributed by atoms with Crippen LogP contribution in [-0.2, 0) is 17.8 Å². The fraction of sp³-hybridized carbons (Fsp3) is 0.250. The summed E-state index contributed by atoms with van der Waals surface area (Å²) < 4.78 is 88.6. The van der Waals surface area contributed by atoms with E-state index in [4.69, 9.17) is 21.1 Å². The molecular weight excluding hydrogens is 635 g/mol. The van der Waals surface area contributed by atoms with Crippen LogP contribution in [-0.4, -0.2) is 43.8 Å². The van der Waals surface area contributed by atoms with Crippen LogP contribution >= 0.6 is 11.6 Å². The summed E-state index contributed by atoms with van der Waals surface area (Å²) in [4.78, 5) is 23.9. The normalized spacial score (nSPS) is 15.9. The van der Waals surface area contributed by atoms with E-state index >= 15 is 17.6 Å². The number of carbonyl (C=O) groups is 1. The van der Waals surface area contributed by atoms with Crippen LogP contribution in [0.3, 0.4) is 0 Å². The van der Waals surface area contributed by atoms with Gasteiger partial charge in [-0.05, 0) is 36.4 Å². The highest BCUT2D eigenvalue weighted by atomic mass is 35.5. The smallest absolute Gasteiger partial charge is 0.335 e. The number of fused-ring (bicyclic) bond motifs is 1. The molecule has 3 aromatic carbocycles. The Morgan fingerprint density at radius 3 is 2.52 bits per heavy atom. The maximum atomic E-state index is 15.7. The summed E-state index contributed by atoms with van der Waals surface area (Å²) in [5.41, 5.74) is -2.26. The molecule has 1 N–H and O–H groups in total. The molecule has 14 heteroatoms. The molecule has 3 heterocycles. The minimum atomic E-state index is -1.52. The van der Waals surface area contributed by atoms with Crippen molar-refractivity contribution in [3.8, 4) is 17.3 Å². The third kappa shape index (κ3) is 5.76. The van der Waals surface area contributed by atoms with Gasteiger partial charge in [-0.25, -0.2) is 36.7 Å². The van der Waals surface area contributed by atoms with Crippen molar-refractivity contribution < 1.29 is 41.3 Å². The van der Waals surface area contributed by atoms with Gasteiger partial charge in [0.25, 0.3) is 0 Å². The topological polar surface area (TPSA) is 99.4 Å². The molecule has 6 rings (SSSR count). The Morgan fingerprint density at radius 2 is 1.83 bits per heavy atom. The van der Waals surface area contributed by atoms with Gasteiger partial charge in [0.2, 0.25) is 0 Å². The number of halogens is 6. The molecule has 1 fully saturated rings. The first kappa shape index (κ1) is 31.4. The molecule has 1 aliphatic heterocycles. The van der Waals surface area contributed by atoms with E-state index < -0.39 is 64.1 Å². The monoisotopic (exact) mass is 658 g/mol. The molecule has 8 nitrogen and oxygen atoms in total. The number of ether oxygens (including phenoxy) is 2. The lowest BCUT2D eigenvalue weighted by molar-refractivity contribution is 0.0696. The molecule has 0 aliphatic carbocycles. The summed E-state index contributed by atoms with van der Waals surface area (Å²) >= 11 is 5.76. The van der Waals surface area contributed by atoms with Gasteiger partial charge in [0, 0.05) is 39.7 Å². The zero-order valence-corrected chi connectivity index (χ0v) is 25.0. The van der Waals surface area contributed by atoms with Crippen molar-refractivity contribution in [3.63, 3.8) is 0 Å². The first-order valence-corrected chi connectivity index (χ1v) is 14.3. The second kappa shape index (κ2) is 12.0. The fourth-order valence-corrected chi connectivity index (χ4v) is 5.62. The summed E-state index contributed by atoms with van der Waals surface area (Å²) in [7, 11) is 0. The molecule has 1 saturated heterocycles. The molecule has 1 unspecified atom stereocenters. The summed E-state index contributed by atoms with van der Waals surface area (Å²) in [6.45, 7) is 3.90. The molecule has 46 heavy (non-hydrogen) atoms. The first-order valence-electron chi connectivity index (χ1n) is 13.9. The highest BCUT2D eigenvalue weighted by Crippen LogP contribution is 2.41. The minimum absolute atomic E-state index is 0.0166. The van der Waals surface area contributed by atoms with E-state index in [1.807, 2.05) is 13.8 Å². The number of carboxylic acids is 1. The van der Waals surface area contributed by atoms with Crippen molar-refractivity contribution in [3.05, 3.63) is 105 Å². The third-order valence-electron chi connectivity index (χ3n) is 7.90. The molecule has 238 valence electrons. The zero-order chi connectivity index (χ0) is 32.9. The van der Waals surface area contributed by atoms with E-state index in [-0.39, 0.29) is 57.9 Å². The van der Waals surface area contributed by atoms with Crippen molar-refractivity contribution in [2.75, 3.05) is 13.2 Å². The van der Waals surface area contributed by atoms with E-state index in [0.717, 1.165) is 18.2 Å². The Hall–Kier alpha value is -4.62. The van der Waals surface area contributed by atoms with Crippen LogP contribution in [0.15, 0.2) is 48.7 Å². The lowest BCUT2D eigenvalue weighted by Crippen LogP contribution is -2.27. The van der Waals surface area contributed by atoms with E-state index in [2.05, 4.69) is 15.0 Å². The fourth-order valence-electron chi connectivity index (χ4n) is 5.46. The second-order valence-corrected chi connectivity index (χ2v) is 11.9. The molecule has 0 radical (unpaired) electrons. The third-order valence-corrected chi connectivity index (χ3v) is 8.14. The van der Waals surface area contributed by atoms with Crippen LogP contribution < -0.4 is 4.74 Å². The lowest BCUT2D eigenvalue weighted by atomic mass is 9.87. The van der Waals surface area contributed by atoms with E-state index in [1.54, 1.807) is 0 Å². The van der Waals surface area contributed by atoms with E-state index in [0.29, 0.717) is 6.61 Å². The van der Waals surface area contributed by atoms with E-state index in [1.165, 1.54) is 35.0 Å². The molecule has 1 aliphatic rings. The Morgan fingerprint density at radius 1 is 1.04 bits per heavy atom. The Balaban J connectivity index is 1.37. The average Bonchev–Trinajstić information content (AvgIpc) is 3.54. The maximum absolute atomic E-state index is 15.7. The molecular formula is C32H24ClF5N4O4. The Labute approximate surface area is 263 Å². The second-order valence-electron chi connectivity index (χ2n) is 11.5. The van der Waals surface area contributed by atoms with Gasteiger partial charge in [0.1, 0.15) is 29.6 Å². The largest absolute Gasteiger partial charge is 0.478 e. The van der Waals surface area contributed by atoms with Crippen LogP contribution in [0.5, 0.6) is 6.01 Å². The molecule has 1 atom stereocenters. The van der Waals surface area contributed by atoms with Crippen LogP contribution in [0.1, 0.15) is 47.2 Å². The van der Waals surface area contributed by atoms with Gasteiger partial charge >= 0.3 is 12.0 Å². The Bertz CT molecular complexity index is 2020. The number of hydrogen-bond acceptors (Lipinski definition) is 6. The molecule has 0 spiro atoms. The van der Waals surface area contributed by atoms with Gasteiger partial charge in [0.15, 0.2) is 17.5 Å². The van der Waals surface area contributed by atoms with Crippen molar-refractivity contribution in [1.82, 2.24) is 19.5 Å². The van der Waals surface area contributed by atoms with Crippen molar-refractivity contribution in [2.24, 2.45) is 5.41 Å². The molecule has 0 amide bonds. The number of aromatic nitrogens is 4. The predicted octanol–water partition coefficient (Wildman–Crippen LogP) is 7.31. The number of aromatic carboxylic acids is 1. The average molecular weight is 659 g/mol. The maximum Gasteiger partial charge on any atom is 0.335 e. The predicted molar refractivity (Wildman–Crippen MR) is 156 cm³/mol. The van der Waals surface area contributed by atoms with E-state index in [9.17, 15) is 14.3 Å². The van der Waals surface area contributed by atoms with Gasteiger partial charge in [-0.15, -0.1) is 0 Å². The SMILES string of the molecule is CC1(C)COCC1n1c(Cc2c(F)cc(-c3ccnc(OCc4ccc(Cl)cc4F)n3)c(F)c2F)nc2c(F)cc(C(=O)O)cc21. The standard InChI is InChI=1S/C32H24ClF5N4O4/c1-32(2)14-45-13-25(32)42-24-8-16(30(43)44)7-22(36)29(24)41-26(42)11-18-21(35)10-19(28(38)27(18)37)23-5-6-39-31(40-23)46-12-15-3-4-17(33)9-20(15)34/h3-10,25H,11-14H2,1-2H3,(H,43,44). The molecule has 0 saturated carbocycles. The van der Waals surface area contributed by atoms with Crippen molar-refractivity contribution in [2.45, 2.75) is 32.9 Å². The van der Waals surface area contributed by atoms with Gasteiger partial charge in [-0.1, -0.05) is 31.5 Å². The summed E-state index contributed by atoms with van der Waals surface area (Å²) in [5.74, 6) is -7.03. The zero-order valence-electron chi connectivity index (χ0n) is 24.3. The molecule has 2 aromatic heterocycles. The molecule has 5 aromatic rings. The Kier molecular flexibility index (Phi) is 8.15. The quantitative estimate of drug-likeness (QED) is 0.138. The number of rotatable bonds is 8. The number of nitrogens with zero attached hydrogens (tertiary/aromatic N) is 4. The van der Waals surface area contributed by atoms with Gasteiger partial charge in [0.05, 0.1) is 36.0 Å². The van der Waals surface area contributed by atoms with Crippen molar-refractivity contribution >= 4 is 28.6 Å². The highest BCUT2D eigenvalue weighted by molar-refractivity contribution is 6.30. The highest BCUT2D eigenvalue weighted by Gasteiger charge is 2.39. The number of carboxylic acid groups (broad SMARTS) is 1.